The van der Waals surface area contributed by atoms with Gasteiger partial charge in [0.2, 0.25) is 0 Å². The molecule has 3 unspecified atom stereocenters. The lowest BCUT2D eigenvalue weighted by Crippen LogP contribution is -2.63. The number of hydrazine groups is 1. The third kappa shape index (κ3) is 10.6. The number of methoxy groups -OCH3 is 1. The van der Waals surface area contributed by atoms with Crippen LogP contribution in [0.1, 0.15) is 106 Å². The minimum Gasteiger partial charge on any atom is -0.457 e. The first-order valence-electron chi connectivity index (χ1n) is 22.7. The number of benzene rings is 1. The number of aryl methyl sites for hydroxylation is 1. The summed E-state index contributed by atoms with van der Waals surface area (Å²) in [4.78, 5) is 49.6. The molecule has 1 aromatic heterocycles. The number of aliphatic hydroxyl groups is 1. The van der Waals surface area contributed by atoms with E-state index in [4.69, 9.17) is 23.7 Å². The number of pyridine rings is 1. The highest BCUT2D eigenvalue weighted by atomic mass is 16.7. The van der Waals surface area contributed by atoms with Gasteiger partial charge in [0.1, 0.15) is 18.1 Å². The molecule has 0 bridgehead atoms. The molecule has 1 amide bonds. The van der Waals surface area contributed by atoms with Gasteiger partial charge in [0.25, 0.3) is 0 Å². The van der Waals surface area contributed by atoms with Gasteiger partial charge in [-0.05, 0) is 116 Å². The standard InChI is InChI=1S/C47H75N5O9/c1-13-15-22-37-47(9)41(52(45(56)61-47)50-24-18-19-33-23-25-49-35-21-17-16-20-34(33)35)30(5)38(48-14-2)28(3)27-46(8,57-12)42(31(6)39(53)32(7)43(55)59-37)60-44-40(54)36(51(10)11)26-29(4)58-44/h16-17,20-21,23,25,28-32,36-38,40-42,44,48,50,54H,13-15,18-19,22,24,26-27H2,1-12H3/t28-,29-,30+,31+,32-,36+,37-,38?,40-,41?,42-,44?,46+,47-/m1/s1. The maximum atomic E-state index is 14.6. The van der Waals surface area contributed by atoms with E-state index in [1.807, 2.05) is 70.2 Å². The molecule has 5 rings (SSSR count). The Morgan fingerprint density at radius 2 is 1.75 bits per heavy atom. The molecule has 0 spiro atoms. The summed E-state index contributed by atoms with van der Waals surface area (Å²) >= 11 is 0. The summed E-state index contributed by atoms with van der Waals surface area (Å²) in [6.45, 7) is 18.6. The second-order valence-electron chi connectivity index (χ2n) is 18.6. The molecular formula is C47H75N5O9. The Hall–Kier alpha value is -3.24. The van der Waals surface area contributed by atoms with Crippen molar-refractivity contribution in [2.75, 3.05) is 34.3 Å². The van der Waals surface area contributed by atoms with Crippen LogP contribution in [-0.4, -0.2) is 132 Å². The number of hydrogen-bond acceptors (Lipinski definition) is 13. The molecule has 61 heavy (non-hydrogen) atoms. The lowest BCUT2D eigenvalue weighted by Gasteiger charge is -2.48. The summed E-state index contributed by atoms with van der Waals surface area (Å²) in [5, 5.41) is 18.1. The van der Waals surface area contributed by atoms with Gasteiger partial charge in [-0.15, -0.1) is 0 Å². The smallest absolute Gasteiger partial charge is 0.425 e. The quantitative estimate of drug-likeness (QED) is 0.114. The van der Waals surface area contributed by atoms with Crippen LogP contribution in [-0.2, 0) is 39.7 Å². The zero-order valence-electron chi connectivity index (χ0n) is 38.8. The van der Waals surface area contributed by atoms with Crippen molar-refractivity contribution in [1.82, 2.24) is 25.6 Å². The first kappa shape index (κ1) is 48.8. The predicted octanol–water partition coefficient (Wildman–Crippen LogP) is 6.07. The average molecular weight is 854 g/mol. The molecule has 14 nitrogen and oxygen atoms in total. The van der Waals surface area contributed by atoms with E-state index < -0.39 is 65.7 Å². The summed E-state index contributed by atoms with van der Waals surface area (Å²) in [5.74, 6) is -3.49. The third-order valence-electron chi connectivity index (χ3n) is 13.9. The fraction of sp³-hybridized carbons (Fsp3) is 0.745. The molecule has 14 heteroatoms. The summed E-state index contributed by atoms with van der Waals surface area (Å²) in [6.07, 6.45) is 1.75. The van der Waals surface area contributed by atoms with Gasteiger partial charge in [0.15, 0.2) is 17.7 Å². The minimum absolute atomic E-state index is 0.113. The van der Waals surface area contributed by atoms with Crippen molar-refractivity contribution < 1.29 is 43.2 Å². The number of fused-ring (bicyclic) bond motifs is 2. The van der Waals surface area contributed by atoms with Gasteiger partial charge < -0.3 is 39.0 Å². The number of ether oxygens (including phenoxy) is 5. The van der Waals surface area contributed by atoms with Crippen molar-refractivity contribution in [1.29, 1.82) is 0 Å². The number of cyclic esters (lactones) is 1. The fourth-order valence-corrected chi connectivity index (χ4v) is 10.5. The van der Waals surface area contributed by atoms with Crippen molar-refractivity contribution in [2.45, 2.75) is 167 Å². The normalized spacial score (nSPS) is 36.8. The highest BCUT2D eigenvalue weighted by molar-refractivity contribution is 6.00. The number of aliphatic hydroxyl groups excluding tert-OH is 1. The van der Waals surface area contributed by atoms with Gasteiger partial charge in [-0.25, -0.2) is 15.2 Å². The first-order chi connectivity index (χ1) is 28.9. The van der Waals surface area contributed by atoms with Crippen molar-refractivity contribution in [3.8, 4) is 0 Å². The lowest BCUT2D eigenvalue weighted by molar-refractivity contribution is -0.295. The maximum absolute atomic E-state index is 14.6. The number of aromatic nitrogens is 1. The van der Waals surface area contributed by atoms with E-state index in [-0.39, 0.29) is 35.8 Å². The number of carbonyl (C=O) groups is 3. The molecule has 1 aromatic carbocycles. The van der Waals surface area contributed by atoms with Crippen LogP contribution in [0, 0.1) is 23.7 Å². The second kappa shape index (κ2) is 21.0. The second-order valence-corrected chi connectivity index (χ2v) is 18.6. The Balaban J connectivity index is 1.53. The number of carbonyl (C=O) groups excluding carboxylic acids is 3. The maximum Gasteiger partial charge on any atom is 0.425 e. The number of Topliss-reactive ketones (excluding diaryl/α,β-unsaturated/α-hetero) is 1. The van der Waals surface area contributed by atoms with Crippen LogP contribution in [0.5, 0.6) is 0 Å². The molecule has 3 fully saturated rings. The molecule has 4 heterocycles. The highest BCUT2D eigenvalue weighted by Crippen LogP contribution is 2.44. The predicted molar refractivity (Wildman–Crippen MR) is 234 cm³/mol. The zero-order valence-corrected chi connectivity index (χ0v) is 38.8. The van der Waals surface area contributed by atoms with Crippen molar-refractivity contribution in [2.24, 2.45) is 23.7 Å². The molecule has 3 aliphatic rings. The zero-order chi connectivity index (χ0) is 44.8. The number of nitrogens with zero attached hydrogens (tertiary/aromatic N) is 3. The molecule has 3 N–H and O–H groups in total. The van der Waals surface area contributed by atoms with E-state index in [9.17, 15) is 19.5 Å². The Morgan fingerprint density at radius 3 is 2.43 bits per heavy atom. The SMILES string of the molecule is CCCC[C@H]1OC(=O)[C@H](C)C(=O)[C@H](C)[C@@H](OC2O[C@H](C)C[C@H](N(C)C)[C@H]2O)[C@@](C)(OC)C[C@@H](C)C(NCC)[C@H](C)C2N(NCCCc3ccnc4ccccc34)C(=O)O[C@@]21C. The van der Waals surface area contributed by atoms with Gasteiger partial charge in [-0.1, -0.05) is 59.2 Å². The number of unbranched alkanes of at least 4 members (excludes halogenated alkanes) is 1. The number of amides is 1. The van der Waals surface area contributed by atoms with E-state index in [0.717, 1.165) is 30.2 Å². The van der Waals surface area contributed by atoms with Crippen molar-refractivity contribution >= 4 is 28.7 Å². The minimum atomic E-state index is -1.27. The van der Waals surface area contributed by atoms with Crippen LogP contribution < -0.4 is 10.7 Å². The van der Waals surface area contributed by atoms with E-state index in [0.29, 0.717) is 38.8 Å². The van der Waals surface area contributed by atoms with Gasteiger partial charge in [-0.2, -0.15) is 0 Å². The lowest BCUT2D eigenvalue weighted by atomic mass is 9.71. The number of likely N-dealkylation sites (N-methyl/N-ethyl adjacent to an activating group) is 1. The molecule has 14 atom stereocenters. The number of ketones is 1. The van der Waals surface area contributed by atoms with Crippen LogP contribution in [0.25, 0.3) is 10.9 Å². The van der Waals surface area contributed by atoms with Gasteiger partial charge in [-0.3, -0.25) is 14.6 Å². The molecule has 2 aromatic rings. The summed E-state index contributed by atoms with van der Waals surface area (Å²) in [7, 11) is 5.43. The Labute approximate surface area is 364 Å². The topological polar surface area (TPSA) is 161 Å². The number of para-hydroxylation sites is 1. The van der Waals surface area contributed by atoms with E-state index in [2.05, 4.69) is 49.5 Å². The molecule has 3 aliphatic heterocycles. The largest absolute Gasteiger partial charge is 0.457 e. The molecule has 342 valence electrons. The van der Waals surface area contributed by atoms with Crippen LogP contribution in [0.15, 0.2) is 36.5 Å². The Morgan fingerprint density at radius 1 is 1.03 bits per heavy atom. The molecule has 0 aliphatic carbocycles. The van der Waals surface area contributed by atoms with Crippen LogP contribution in [0.4, 0.5) is 4.79 Å². The molecule has 0 radical (unpaired) electrons. The fourth-order valence-electron chi connectivity index (χ4n) is 10.5. The highest BCUT2D eigenvalue weighted by Gasteiger charge is 2.61. The van der Waals surface area contributed by atoms with Crippen LogP contribution in [0.3, 0.4) is 0 Å². The van der Waals surface area contributed by atoms with Gasteiger partial charge in [0.05, 0.1) is 29.4 Å². The van der Waals surface area contributed by atoms with Crippen molar-refractivity contribution in [3.05, 3.63) is 42.1 Å². The summed E-state index contributed by atoms with van der Waals surface area (Å²) in [5.41, 5.74) is 3.21. The summed E-state index contributed by atoms with van der Waals surface area (Å²) < 4.78 is 32.3. The number of hydrogen-bond donors (Lipinski definition) is 3. The molecular weight excluding hydrogens is 779 g/mol. The number of rotatable bonds is 14. The average Bonchev–Trinajstić information content (AvgIpc) is 3.50. The monoisotopic (exact) mass is 854 g/mol. The molecule has 0 saturated carbocycles. The Bertz CT molecular complexity index is 1780. The first-order valence-corrected chi connectivity index (χ1v) is 22.7. The summed E-state index contributed by atoms with van der Waals surface area (Å²) in [6, 6.07) is 9.08. The van der Waals surface area contributed by atoms with Gasteiger partial charge in [0, 0.05) is 43.2 Å². The van der Waals surface area contributed by atoms with Crippen molar-refractivity contribution in [3.63, 3.8) is 0 Å². The van der Waals surface area contributed by atoms with Gasteiger partial charge >= 0.3 is 12.1 Å². The Kier molecular flexibility index (Phi) is 16.8. The number of esters is 1. The van der Waals surface area contributed by atoms with E-state index in [1.54, 1.807) is 26.0 Å². The number of nitrogens with one attached hydrogen (secondary N) is 2. The van der Waals surface area contributed by atoms with Crippen LogP contribution >= 0.6 is 0 Å². The molecule has 3 saturated heterocycles. The van der Waals surface area contributed by atoms with E-state index >= 15 is 0 Å². The van der Waals surface area contributed by atoms with Crippen LogP contribution in [0.2, 0.25) is 0 Å². The van der Waals surface area contributed by atoms with E-state index in [1.165, 1.54) is 5.56 Å². The third-order valence-corrected chi connectivity index (χ3v) is 13.9.